The lowest BCUT2D eigenvalue weighted by Crippen LogP contribution is -2.19. The second-order valence-corrected chi connectivity index (χ2v) is 8.77. The van der Waals surface area contributed by atoms with E-state index in [0.29, 0.717) is 11.4 Å². The number of fused-ring (bicyclic) bond motifs is 1. The molecule has 2 aliphatic heterocycles. The van der Waals surface area contributed by atoms with Crippen LogP contribution in [0.1, 0.15) is 11.1 Å². The van der Waals surface area contributed by atoms with E-state index in [1.807, 2.05) is 19.1 Å². The Balaban J connectivity index is 1.53. The highest BCUT2D eigenvalue weighted by atomic mass is 32.2. The van der Waals surface area contributed by atoms with Crippen LogP contribution in [-0.4, -0.2) is 38.7 Å². The number of aliphatic imine (C=N–C) groups is 1. The fourth-order valence-electron chi connectivity index (χ4n) is 3.09. The van der Waals surface area contributed by atoms with Gasteiger partial charge >= 0.3 is 0 Å². The first kappa shape index (κ1) is 17.9. The van der Waals surface area contributed by atoms with Gasteiger partial charge in [-0.05, 0) is 48.4 Å². The van der Waals surface area contributed by atoms with Crippen LogP contribution in [0.3, 0.4) is 0 Å². The molecule has 0 aliphatic carbocycles. The van der Waals surface area contributed by atoms with Crippen LogP contribution in [-0.2, 0) is 10.0 Å². The third kappa shape index (κ3) is 3.42. The summed E-state index contributed by atoms with van der Waals surface area (Å²) in [6.07, 6.45) is 0. The summed E-state index contributed by atoms with van der Waals surface area (Å²) in [6, 6.07) is 12.2. The molecule has 2 aromatic rings. The van der Waals surface area contributed by atoms with Crippen molar-refractivity contribution in [3.8, 4) is 5.75 Å². The molecule has 2 heterocycles. The summed E-state index contributed by atoms with van der Waals surface area (Å²) in [6.45, 7) is 3.52. The largest absolute Gasteiger partial charge is 0.496 e. The maximum Gasteiger partial charge on any atom is 0.261 e. The number of thioether (sulfide) groups is 1. The predicted octanol–water partition coefficient (Wildman–Crippen LogP) is 3.52. The Labute approximate surface area is 163 Å². The Bertz CT molecular complexity index is 1040. The van der Waals surface area contributed by atoms with Crippen molar-refractivity contribution < 1.29 is 13.2 Å². The van der Waals surface area contributed by atoms with Gasteiger partial charge < -0.3 is 9.64 Å². The molecule has 0 radical (unpaired) electrons. The number of methoxy groups -OCH3 is 1. The van der Waals surface area contributed by atoms with Gasteiger partial charge in [-0.1, -0.05) is 23.9 Å². The van der Waals surface area contributed by atoms with E-state index in [1.165, 1.54) is 6.07 Å². The van der Waals surface area contributed by atoms with Crippen molar-refractivity contribution in [3.05, 3.63) is 59.0 Å². The van der Waals surface area contributed by atoms with Gasteiger partial charge in [0.1, 0.15) is 5.75 Å². The summed E-state index contributed by atoms with van der Waals surface area (Å²) in [7, 11) is -2.10. The van der Waals surface area contributed by atoms with Gasteiger partial charge in [0.15, 0.2) is 5.17 Å². The summed E-state index contributed by atoms with van der Waals surface area (Å²) in [5, 5.41) is 3.11. The number of anilines is 1. The van der Waals surface area contributed by atoms with E-state index in [4.69, 9.17) is 4.74 Å². The monoisotopic (exact) mass is 401 g/mol. The number of aryl methyl sites for hydroxylation is 1. The van der Waals surface area contributed by atoms with Crippen LogP contribution in [0, 0.1) is 6.92 Å². The summed E-state index contributed by atoms with van der Waals surface area (Å²) in [5.74, 6) is 0.658. The highest BCUT2D eigenvalue weighted by molar-refractivity contribution is 8.16. The zero-order valence-corrected chi connectivity index (χ0v) is 16.6. The van der Waals surface area contributed by atoms with Crippen LogP contribution >= 0.6 is 11.8 Å². The molecule has 2 aliphatic rings. The minimum absolute atomic E-state index is 0.206. The van der Waals surface area contributed by atoms with E-state index in [0.717, 1.165) is 35.1 Å². The smallest absolute Gasteiger partial charge is 0.261 e. The predicted molar refractivity (Wildman–Crippen MR) is 110 cm³/mol. The van der Waals surface area contributed by atoms with Crippen molar-refractivity contribution in [2.24, 2.45) is 4.99 Å². The van der Waals surface area contributed by atoms with Crippen molar-refractivity contribution in [1.29, 1.82) is 0 Å². The van der Waals surface area contributed by atoms with Crippen LogP contribution < -0.4 is 9.46 Å². The molecule has 27 heavy (non-hydrogen) atoms. The molecule has 140 valence electrons. The SMILES string of the molecule is COc1ccc(S(=O)(=O)Nc2ccc(C3=CSC4=NCCN34)cc2)cc1C. The Morgan fingerprint density at radius 2 is 1.96 bits per heavy atom. The Morgan fingerprint density at radius 3 is 2.67 bits per heavy atom. The maximum absolute atomic E-state index is 12.7. The molecule has 6 nitrogen and oxygen atoms in total. The zero-order valence-electron chi connectivity index (χ0n) is 15.0. The molecule has 8 heteroatoms. The molecule has 0 bridgehead atoms. The van der Waals surface area contributed by atoms with Crippen molar-refractivity contribution in [2.75, 3.05) is 24.9 Å². The number of hydrogen-bond donors (Lipinski definition) is 1. The van der Waals surface area contributed by atoms with Gasteiger partial charge in [-0.15, -0.1) is 0 Å². The number of ether oxygens (including phenoxy) is 1. The summed E-state index contributed by atoms with van der Waals surface area (Å²) in [5.41, 5.74) is 3.44. The maximum atomic E-state index is 12.7. The fourth-order valence-corrected chi connectivity index (χ4v) is 5.19. The van der Waals surface area contributed by atoms with E-state index >= 15 is 0 Å². The van der Waals surface area contributed by atoms with Crippen molar-refractivity contribution in [3.63, 3.8) is 0 Å². The highest BCUT2D eigenvalue weighted by Gasteiger charge is 2.27. The first-order valence-electron chi connectivity index (χ1n) is 8.45. The lowest BCUT2D eigenvalue weighted by molar-refractivity contribution is 0.411. The van der Waals surface area contributed by atoms with E-state index in [1.54, 1.807) is 43.1 Å². The standard InChI is InChI=1S/C19H19N3O3S2/c1-13-11-16(7-8-18(13)25-2)27(23,24)21-15-5-3-14(4-6-15)17-12-26-19-20-9-10-22(17)19/h3-8,11-12,21H,9-10H2,1-2H3. The topological polar surface area (TPSA) is 71.0 Å². The molecule has 0 saturated heterocycles. The second-order valence-electron chi connectivity index (χ2n) is 6.25. The Morgan fingerprint density at radius 1 is 1.19 bits per heavy atom. The van der Waals surface area contributed by atoms with Crippen LogP contribution in [0.2, 0.25) is 0 Å². The molecule has 4 rings (SSSR count). The third-order valence-corrected chi connectivity index (χ3v) is 6.76. The van der Waals surface area contributed by atoms with Gasteiger partial charge in [0, 0.05) is 17.6 Å². The van der Waals surface area contributed by atoms with E-state index in [2.05, 4.69) is 20.0 Å². The van der Waals surface area contributed by atoms with Crippen LogP contribution in [0.25, 0.3) is 5.70 Å². The number of amidine groups is 1. The molecule has 2 aromatic carbocycles. The molecule has 0 aromatic heterocycles. The first-order valence-corrected chi connectivity index (χ1v) is 10.8. The van der Waals surface area contributed by atoms with Crippen molar-refractivity contribution in [1.82, 2.24) is 4.90 Å². The molecule has 0 amide bonds. The molecular weight excluding hydrogens is 382 g/mol. The zero-order chi connectivity index (χ0) is 19.0. The highest BCUT2D eigenvalue weighted by Crippen LogP contribution is 2.35. The van der Waals surface area contributed by atoms with Crippen molar-refractivity contribution >= 4 is 38.3 Å². The van der Waals surface area contributed by atoms with E-state index < -0.39 is 10.0 Å². The van der Waals surface area contributed by atoms with Gasteiger partial charge in [0.05, 0.1) is 24.2 Å². The molecule has 0 atom stereocenters. The quantitative estimate of drug-likeness (QED) is 0.830. The van der Waals surface area contributed by atoms with Gasteiger partial charge in [-0.25, -0.2) is 8.42 Å². The van der Waals surface area contributed by atoms with Crippen LogP contribution in [0.5, 0.6) is 5.75 Å². The molecule has 0 saturated carbocycles. The number of sulfonamides is 1. The minimum atomic E-state index is -3.66. The second kappa shape index (κ2) is 6.94. The molecule has 0 unspecified atom stereocenters. The number of nitrogens with zero attached hydrogens (tertiary/aromatic N) is 2. The van der Waals surface area contributed by atoms with Gasteiger partial charge in [0.2, 0.25) is 0 Å². The fraction of sp³-hybridized carbons (Fsp3) is 0.211. The summed E-state index contributed by atoms with van der Waals surface area (Å²) < 4.78 is 33.1. The third-order valence-electron chi connectivity index (χ3n) is 4.48. The van der Waals surface area contributed by atoms with Gasteiger partial charge in [-0.2, -0.15) is 0 Å². The number of rotatable bonds is 5. The lowest BCUT2D eigenvalue weighted by Gasteiger charge is -2.17. The molecule has 1 N–H and O–H groups in total. The average Bonchev–Trinajstić information content (AvgIpc) is 3.26. The van der Waals surface area contributed by atoms with Crippen LogP contribution in [0.4, 0.5) is 5.69 Å². The molecule has 0 spiro atoms. The van der Waals surface area contributed by atoms with Gasteiger partial charge in [-0.3, -0.25) is 9.71 Å². The van der Waals surface area contributed by atoms with E-state index in [9.17, 15) is 8.42 Å². The Kier molecular flexibility index (Phi) is 4.61. The summed E-state index contributed by atoms with van der Waals surface area (Å²) in [4.78, 5) is 6.84. The lowest BCUT2D eigenvalue weighted by atomic mass is 10.1. The number of benzene rings is 2. The van der Waals surface area contributed by atoms with E-state index in [-0.39, 0.29) is 4.90 Å². The summed E-state index contributed by atoms with van der Waals surface area (Å²) >= 11 is 1.62. The Hall–Kier alpha value is -2.45. The number of nitrogens with one attached hydrogen (secondary N) is 1. The van der Waals surface area contributed by atoms with Crippen molar-refractivity contribution in [2.45, 2.75) is 11.8 Å². The van der Waals surface area contributed by atoms with Gasteiger partial charge in [0.25, 0.3) is 10.0 Å². The molecular formula is C19H19N3O3S2. The first-order chi connectivity index (χ1) is 13.0. The average molecular weight is 402 g/mol. The number of hydrogen-bond acceptors (Lipinski definition) is 6. The normalized spacial score (nSPS) is 16.0. The van der Waals surface area contributed by atoms with Crippen LogP contribution in [0.15, 0.2) is 57.8 Å². The molecule has 0 fully saturated rings. The minimum Gasteiger partial charge on any atom is -0.496 e.